The summed E-state index contributed by atoms with van der Waals surface area (Å²) in [6, 6.07) is 5.08. The average molecular weight is 596 g/mol. The standard InChI is InChI=1S/C30H41N7O4S/c1-19-26(20(2)38)42-30(33-19)35-29(41)34-25-6-4-3-5-21(25)17-23-18-22(27(39)36-13-9-31-10-14-36)7-8-24(23)28(40)37-15-11-32-12-16-37/h7-8,18,21,25,31-32H,3-6,9-17H2,1-2H3,(H2,33,34,35,41). The molecule has 1 aromatic carbocycles. The third-order valence-electron chi connectivity index (χ3n) is 8.44. The van der Waals surface area contributed by atoms with Gasteiger partial charge in [0.15, 0.2) is 10.9 Å². The number of carbonyl (C=O) groups excluding carboxylic acids is 4. The first-order valence-corrected chi connectivity index (χ1v) is 15.8. The maximum absolute atomic E-state index is 13.7. The first kappa shape index (κ1) is 30.1. The van der Waals surface area contributed by atoms with Crippen LogP contribution in [0.25, 0.3) is 0 Å². The summed E-state index contributed by atoms with van der Waals surface area (Å²) in [6.07, 6.45) is 4.37. The number of hydrogen-bond acceptors (Lipinski definition) is 8. The molecule has 0 radical (unpaired) electrons. The highest BCUT2D eigenvalue weighted by atomic mass is 32.1. The van der Waals surface area contributed by atoms with E-state index in [0.717, 1.165) is 57.4 Å². The van der Waals surface area contributed by atoms with Gasteiger partial charge in [-0.3, -0.25) is 19.7 Å². The number of hydrogen-bond donors (Lipinski definition) is 4. The average Bonchev–Trinajstić information content (AvgIpc) is 3.38. The fourth-order valence-electron chi connectivity index (χ4n) is 6.20. The monoisotopic (exact) mass is 595 g/mol. The van der Waals surface area contributed by atoms with Gasteiger partial charge in [0.05, 0.1) is 10.6 Å². The van der Waals surface area contributed by atoms with Crippen LogP contribution < -0.4 is 21.3 Å². The molecule has 3 aliphatic rings. The van der Waals surface area contributed by atoms with Crippen LogP contribution in [0.3, 0.4) is 0 Å². The Morgan fingerprint density at radius 3 is 2.24 bits per heavy atom. The highest BCUT2D eigenvalue weighted by Gasteiger charge is 2.30. The van der Waals surface area contributed by atoms with E-state index in [1.54, 1.807) is 13.0 Å². The van der Waals surface area contributed by atoms with Gasteiger partial charge in [0.1, 0.15) is 0 Å². The molecule has 2 aliphatic heterocycles. The molecular weight excluding hydrogens is 554 g/mol. The van der Waals surface area contributed by atoms with E-state index >= 15 is 0 Å². The highest BCUT2D eigenvalue weighted by molar-refractivity contribution is 7.17. The topological polar surface area (TPSA) is 136 Å². The minimum absolute atomic E-state index is 0.00820. The van der Waals surface area contributed by atoms with E-state index in [0.29, 0.717) is 59.4 Å². The van der Waals surface area contributed by atoms with E-state index in [9.17, 15) is 19.2 Å². The number of nitrogens with zero attached hydrogens (tertiary/aromatic N) is 3. The maximum Gasteiger partial charge on any atom is 0.321 e. The lowest BCUT2D eigenvalue weighted by Crippen LogP contribution is -2.47. The van der Waals surface area contributed by atoms with Gasteiger partial charge in [0.2, 0.25) is 0 Å². The molecular formula is C30H41N7O4S. The summed E-state index contributed by atoms with van der Waals surface area (Å²) in [5.41, 5.74) is 2.70. The van der Waals surface area contributed by atoms with Crippen molar-refractivity contribution in [1.82, 2.24) is 30.7 Å². The second kappa shape index (κ2) is 13.7. The minimum Gasteiger partial charge on any atom is -0.336 e. The van der Waals surface area contributed by atoms with Crippen LogP contribution in [-0.4, -0.2) is 96.8 Å². The summed E-state index contributed by atoms with van der Waals surface area (Å²) in [5.74, 6) is 0.00972. The SMILES string of the molecule is CC(=O)c1sc(NC(=O)NC2CCCCC2Cc2cc(C(=O)N3CCNCC3)ccc2C(=O)N2CCNCC2)nc1C. The van der Waals surface area contributed by atoms with E-state index in [2.05, 4.69) is 26.3 Å². The zero-order valence-corrected chi connectivity index (χ0v) is 25.3. The lowest BCUT2D eigenvalue weighted by molar-refractivity contribution is 0.0722. The Kier molecular flexibility index (Phi) is 9.86. The second-order valence-corrected chi connectivity index (χ2v) is 12.4. The molecule has 1 aromatic heterocycles. The van der Waals surface area contributed by atoms with Crippen molar-refractivity contribution in [3.05, 3.63) is 45.5 Å². The Balaban J connectivity index is 1.35. The fourth-order valence-corrected chi connectivity index (χ4v) is 7.05. The van der Waals surface area contributed by atoms with Crippen molar-refractivity contribution in [2.24, 2.45) is 5.92 Å². The van der Waals surface area contributed by atoms with E-state index < -0.39 is 0 Å². The van der Waals surface area contributed by atoms with Crippen molar-refractivity contribution >= 4 is 40.1 Å². The Bertz CT molecular complexity index is 1320. The number of aromatic nitrogens is 1. The highest BCUT2D eigenvalue weighted by Crippen LogP contribution is 2.30. The summed E-state index contributed by atoms with van der Waals surface area (Å²) < 4.78 is 0. The number of rotatable bonds is 7. The summed E-state index contributed by atoms with van der Waals surface area (Å²) in [6.45, 7) is 8.92. The van der Waals surface area contributed by atoms with Gasteiger partial charge in [0, 0.05) is 76.5 Å². The predicted octanol–water partition coefficient (Wildman–Crippen LogP) is 2.67. The van der Waals surface area contributed by atoms with Crippen LogP contribution in [0.1, 0.15) is 74.3 Å². The number of ketones is 1. The molecule has 1 aliphatic carbocycles. The molecule has 11 nitrogen and oxygen atoms in total. The van der Waals surface area contributed by atoms with Gasteiger partial charge in [-0.15, -0.1) is 0 Å². The van der Waals surface area contributed by atoms with Crippen LogP contribution in [-0.2, 0) is 6.42 Å². The second-order valence-electron chi connectivity index (χ2n) is 11.4. The molecule has 2 aromatic rings. The number of thiazole rings is 1. The van der Waals surface area contributed by atoms with E-state index in [1.165, 1.54) is 18.3 Å². The van der Waals surface area contributed by atoms with Gasteiger partial charge in [-0.1, -0.05) is 24.2 Å². The van der Waals surface area contributed by atoms with E-state index in [4.69, 9.17) is 0 Å². The van der Waals surface area contributed by atoms with Crippen LogP contribution in [0.4, 0.5) is 9.93 Å². The summed E-state index contributed by atoms with van der Waals surface area (Å²) in [5, 5.41) is 12.9. The third-order valence-corrected chi connectivity index (χ3v) is 9.61. The van der Waals surface area contributed by atoms with Crippen LogP contribution in [0.2, 0.25) is 0 Å². The number of benzene rings is 1. The minimum atomic E-state index is -0.351. The fraction of sp³-hybridized carbons (Fsp3) is 0.567. The predicted molar refractivity (Wildman–Crippen MR) is 162 cm³/mol. The third kappa shape index (κ3) is 7.16. The molecule has 3 fully saturated rings. The zero-order valence-electron chi connectivity index (χ0n) is 24.5. The van der Waals surface area contributed by atoms with Crippen LogP contribution >= 0.6 is 11.3 Å². The molecule has 1 saturated carbocycles. The number of nitrogens with one attached hydrogen (secondary N) is 4. The molecule has 4 amide bonds. The number of aryl methyl sites for hydroxylation is 1. The van der Waals surface area contributed by atoms with Gasteiger partial charge >= 0.3 is 6.03 Å². The summed E-state index contributed by atoms with van der Waals surface area (Å²) >= 11 is 1.18. The molecule has 4 N–H and O–H groups in total. The van der Waals surface area contributed by atoms with Crippen molar-refractivity contribution in [2.45, 2.75) is 52.0 Å². The zero-order chi connectivity index (χ0) is 29.6. The number of urea groups is 1. The van der Waals surface area contributed by atoms with E-state index in [-0.39, 0.29) is 35.6 Å². The summed E-state index contributed by atoms with van der Waals surface area (Å²) in [7, 11) is 0. The lowest BCUT2D eigenvalue weighted by atomic mass is 9.79. The first-order valence-electron chi connectivity index (χ1n) is 15.0. The number of carbonyl (C=O) groups is 4. The largest absolute Gasteiger partial charge is 0.336 e. The first-order chi connectivity index (χ1) is 20.3. The molecule has 42 heavy (non-hydrogen) atoms. The number of anilines is 1. The molecule has 5 rings (SSSR count). The Morgan fingerprint density at radius 1 is 0.952 bits per heavy atom. The Morgan fingerprint density at radius 2 is 1.60 bits per heavy atom. The van der Waals surface area contributed by atoms with Crippen LogP contribution in [0.15, 0.2) is 18.2 Å². The number of Topliss-reactive ketones (excluding diaryl/α,β-unsaturated/α-hetero) is 1. The molecule has 226 valence electrons. The molecule has 0 bridgehead atoms. The Hall–Kier alpha value is -3.35. The molecule has 2 atom stereocenters. The molecule has 2 saturated heterocycles. The molecule has 12 heteroatoms. The lowest BCUT2D eigenvalue weighted by Gasteiger charge is -2.33. The summed E-state index contributed by atoms with van der Waals surface area (Å²) in [4.78, 5) is 60.5. The quantitative estimate of drug-likeness (QED) is 0.362. The number of piperazine rings is 2. The molecule has 3 heterocycles. The molecule has 2 unspecified atom stereocenters. The van der Waals surface area contributed by atoms with Gasteiger partial charge in [-0.2, -0.15) is 0 Å². The van der Waals surface area contributed by atoms with Crippen molar-refractivity contribution in [2.75, 3.05) is 57.7 Å². The van der Waals surface area contributed by atoms with Crippen molar-refractivity contribution < 1.29 is 19.2 Å². The van der Waals surface area contributed by atoms with Gasteiger partial charge in [-0.05, 0) is 55.9 Å². The number of amides is 4. The van der Waals surface area contributed by atoms with Crippen molar-refractivity contribution in [3.8, 4) is 0 Å². The maximum atomic E-state index is 13.7. The van der Waals surface area contributed by atoms with Crippen LogP contribution in [0, 0.1) is 12.8 Å². The van der Waals surface area contributed by atoms with Crippen LogP contribution in [0.5, 0.6) is 0 Å². The molecule has 0 spiro atoms. The van der Waals surface area contributed by atoms with Crippen molar-refractivity contribution in [1.29, 1.82) is 0 Å². The van der Waals surface area contributed by atoms with Crippen molar-refractivity contribution in [3.63, 3.8) is 0 Å². The van der Waals surface area contributed by atoms with E-state index in [1.807, 2.05) is 21.9 Å². The van der Waals surface area contributed by atoms with Gasteiger partial charge < -0.3 is 25.8 Å². The van der Waals surface area contributed by atoms with Gasteiger partial charge in [0.25, 0.3) is 11.8 Å². The normalized spacial score (nSPS) is 21.1. The Labute approximate surface area is 250 Å². The van der Waals surface area contributed by atoms with Gasteiger partial charge in [-0.25, -0.2) is 9.78 Å². The smallest absolute Gasteiger partial charge is 0.321 e.